The van der Waals surface area contributed by atoms with E-state index in [9.17, 15) is 18.0 Å². The van der Waals surface area contributed by atoms with E-state index in [1.807, 2.05) is 0 Å². The lowest BCUT2D eigenvalue weighted by Gasteiger charge is -2.14. The fourth-order valence-corrected chi connectivity index (χ4v) is 2.00. The molecule has 104 valence electrons. The van der Waals surface area contributed by atoms with Gasteiger partial charge in [0.15, 0.2) is 17.5 Å². The molecule has 2 aromatic rings. The van der Waals surface area contributed by atoms with Gasteiger partial charge in [0, 0.05) is 5.56 Å². The highest BCUT2D eigenvalue weighted by Crippen LogP contribution is 2.36. The largest absolute Gasteiger partial charge is 0.478 e. The van der Waals surface area contributed by atoms with E-state index in [1.165, 1.54) is 6.07 Å². The minimum atomic E-state index is -1.85. The summed E-state index contributed by atoms with van der Waals surface area (Å²) < 4.78 is 41.0. The highest BCUT2D eigenvalue weighted by atomic mass is 19.2. The number of rotatable bonds is 2. The first-order chi connectivity index (χ1) is 9.36. The molecular formula is C14H10F3NO2. The number of benzene rings is 2. The van der Waals surface area contributed by atoms with Crippen LogP contribution in [0.4, 0.5) is 18.9 Å². The minimum absolute atomic E-state index is 0.212. The van der Waals surface area contributed by atoms with Crippen LogP contribution in [0, 0.1) is 24.4 Å². The molecule has 0 saturated carbocycles. The van der Waals surface area contributed by atoms with Crippen LogP contribution in [0.5, 0.6) is 0 Å². The zero-order valence-electron chi connectivity index (χ0n) is 10.4. The topological polar surface area (TPSA) is 63.3 Å². The third-order valence-corrected chi connectivity index (χ3v) is 2.99. The number of hydrogen-bond donors (Lipinski definition) is 2. The molecule has 0 bridgehead atoms. The molecule has 3 nitrogen and oxygen atoms in total. The molecule has 0 fully saturated rings. The maximum atomic E-state index is 13.9. The van der Waals surface area contributed by atoms with Gasteiger partial charge in [0.2, 0.25) is 0 Å². The standard InChI is InChI=1S/C14H10F3NO2/c1-6-4-2-3-5-7(6)8-10(15)12(17)11(16)9(13(8)18)14(19)20/h2-5H,18H2,1H3,(H,19,20). The van der Waals surface area contributed by atoms with Crippen LogP contribution in [0.15, 0.2) is 24.3 Å². The van der Waals surface area contributed by atoms with Crippen molar-refractivity contribution in [3.63, 3.8) is 0 Å². The van der Waals surface area contributed by atoms with Gasteiger partial charge in [-0.1, -0.05) is 24.3 Å². The second-order valence-electron chi connectivity index (χ2n) is 4.23. The van der Waals surface area contributed by atoms with Gasteiger partial charge in [-0.15, -0.1) is 0 Å². The number of anilines is 1. The molecule has 20 heavy (non-hydrogen) atoms. The molecule has 0 amide bonds. The molecule has 2 rings (SSSR count). The second-order valence-corrected chi connectivity index (χ2v) is 4.23. The van der Waals surface area contributed by atoms with E-state index in [2.05, 4.69) is 0 Å². The van der Waals surface area contributed by atoms with Gasteiger partial charge in [-0.3, -0.25) is 0 Å². The van der Waals surface area contributed by atoms with Crippen molar-refractivity contribution >= 4 is 11.7 Å². The van der Waals surface area contributed by atoms with Gasteiger partial charge in [-0.05, 0) is 18.1 Å². The summed E-state index contributed by atoms with van der Waals surface area (Å²) >= 11 is 0. The highest BCUT2D eigenvalue weighted by molar-refractivity contribution is 5.99. The van der Waals surface area contributed by atoms with Crippen LogP contribution >= 0.6 is 0 Å². The average Bonchev–Trinajstić information content (AvgIpc) is 2.38. The maximum Gasteiger partial charge on any atom is 0.340 e. The lowest BCUT2D eigenvalue weighted by molar-refractivity contribution is 0.0691. The van der Waals surface area contributed by atoms with Crippen LogP contribution in [0.1, 0.15) is 15.9 Å². The molecular weight excluding hydrogens is 271 g/mol. The van der Waals surface area contributed by atoms with Gasteiger partial charge in [-0.25, -0.2) is 18.0 Å². The van der Waals surface area contributed by atoms with Crippen LogP contribution in [-0.2, 0) is 0 Å². The molecule has 0 radical (unpaired) electrons. The van der Waals surface area contributed by atoms with E-state index in [4.69, 9.17) is 10.8 Å². The number of aryl methyl sites for hydroxylation is 1. The van der Waals surface area contributed by atoms with E-state index in [0.29, 0.717) is 5.56 Å². The van der Waals surface area contributed by atoms with Crippen molar-refractivity contribution in [1.82, 2.24) is 0 Å². The third-order valence-electron chi connectivity index (χ3n) is 2.99. The lowest BCUT2D eigenvalue weighted by atomic mass is 9.95. The van der Waals surface area contributed by atoms with Gasteiger partial charge in [0.05, 0.1) is 5.69 Å². The minimum Gasteiger partial charge on any atom is -0.478 e. The van der Waals surface area contributed by atoms with Gasteiger partial charge in [0.1, 0.15) is 5.56 Å². The predicted octanol–water partition coefficient (Wildman–Crippen LogP) is 3.36. The smallest absolute Gasteiger partial charge is 0.340 e. The molecule has 6 heteroatoms. The fourth-order valence-electron chi connectivity index (χ4n) is 2.00. The second kappa shape index (κ2) is 4.88. The molecule has 0 saturated heterocycles. The van der Waals surface area contributed by atoms with Crippen molar-refractivity contribution in [1.29, 1.82) is 0 Å². The Kier molecular flexibility index (Phi) is 3.40. The number of halogens is 3. The van der Waals surface area contributed by atoms with Gasteiger partial charge >= 0.3 is 5.97 Å². The Morgan fingerprint density at radius 3 is 2.25 bits per heavy atom. The molecule has 0 atom stereocenters. The summed E-state index contributed by atoms with van der Waals surface area (Å²) in [5.41, 5.74) is 4.15. The quantitative estimate of drug-likeness (QED) is 0.655. The SMILES string of the molecule is Cc1ccccc1-c1c(N)c(C(=O)O)c(F)c(F)c1F. The average molecular weight is 281 g/mol. The molecule has 2 aromatic carbocycles. The molecule has 0 aliphatic rings. The lowest BCUT2D eigenvalue weighted by Crippen LogP contribution is -2.12. The summed E-state index contributed by atoms with van der Waals surface area (Å²) in [4.78, 5) is 11.0. The molecule has 0 heterocycles. The van der Waals surface area contributed by atoms with Crippen molar-refractivity contribution in [3.05, 3.63) is 52.8 Å². The van der Waals surface area contributed by atoms with E-state index in [1.54, 1.807) is 25.1 Å². The predicted molar refractivity (Wildman–Crippen MR) is 67.9 cm³/mol. The Balaban J connectivity index is 2.91. The number of aromatic carboxylic acids is 1. The Morgan fingerprint density at radius 1 is 1.10 bits per heavy atom. The van der Waals surface area contributed by atoms with E-state index >= 15 is 0 Å². The summed E-state index contributed by atoms with van der Waals surface area (Å²) in [7, 11) is 0. The van der Waals surface area contributed by atoms with E-state index in [-0.39, 0.29) is 5.56 Å². The molecule has 0 aromatic heterocycles. The highest BCUT2D eigenvalue weighted by Gasteiger charge is 2.28. The first-order valence-corrected chi connectivity index (χ1v) is 5.61. The number of nitrogen functional groups attached to an aromatic ring is 1. The molecule has 0 unspecified atom stereocenters. The number of carbonyl (C=O) groups is 1. The third kappa shape index (κ3) is 1.99. The Labute approximate surface area is 112 Å². The van der Waals surface area contributed by atoms with E-state index in [0.717, 1.165) is 0 Å². The van der Waals surface area contributed by atoms with Gasteiger partial charge in [0.25, 0.3) is 0 Å². The summed E-state index contributed by atoms with van der Waals surface area (Å²) in [5, 5.41) is 8.89. The fraction of sp³-hybridized carbons (Fsp3) is 0.0714. The summed E-state index contributed by atoms with van der Waals surface area (Å²) in [5.74, 6) is -6.91. The zero-order valence-corrected chi connectivity index (χ0v) is 10.4. The van der Waals surface area contributed by atoms with Crippen molar-refractivity contribution in [2.45, 2.75) is 6.92 Å². The molecule has 3 N–H and O–H groups in total. The van der Waals surface area contributed by atoms with E-state index < -0.39 is 40.2 Å². The van der Waals surface area contributed by atoms with Crippen LogP contribution in [-0.4, -0.2) is 11.1 Å². The van der Waals surface area contributed by atoms with Crippen molar-refractivity contribution < 1.29 is 23.1 Å². The Bertz CT molecular complexity index is 714. The Hall–Kier alpha value is -2.50. The number of carboxylic acids is 1. The van der Waals surface area contributed by atoms with Crippen LogP contribution in [0.3, 0.4) is 0 Å². The first-order valence-electron chi connectivity index (χ1n) is 5.61. The van der Waals surface area contributed by atoms with Crippen molar-refractivity contribution in [2.24, 2.45) is 0 Å². The van der Waals surface area contributed by atoms with Crippen LogP contribution in [0.2, 0.25) is 0 Å². The summed E-state index contributed by atoms with van der Waals surface area (Å²) in [6.07, 6.45) is 0. The first kappa shape index (κ1) is 13.9. The molecule has 0 aliphatic heterocycles. The van der Waals surface area contributed by atoms with Gasteiger partial charge in [-0.2, -0.15) is 0 Å². The molecule has 0 spiro atoms. The normalized spacial score (nSPS) is 10.6. The van der Waals surface area contributed by atoms with Gasteiger partial charge < -0.3 is 10.8 Å². The number of hydrogen-bond acceptors (Lipinski definition) is 2. The van der Waals surface area contributed by atoms with Crippen molar-refractivity contribution in [2.75, 3.05) is 5.73 Å². The van der Waals surface area contributed by atoms with Crippen LogP contribution < -0.4 is 5.73 Å². The number of carboxylic acid groups (broad SMARTS) is 1. The van der Waals surface area contributed by atoms with Crippen molar-refractivity contribution in [3.8, 4) is 11.1 Å². The zero-order chi connectivity index (χ0) is 15.0. The summed E-state index contributed by atoms with van der Waals surface area (Å²) in [6.45, 7) is 1.62. The van der Waals surface area contributed by atoms with Crippen LogP contribution in [0.25, 0.3) is 11.1 Å². The Morgan fingerprint density at radius 2 is 1.70 bits per heavy atom. The maximum absolute atomic E-state index is 13.9. The summed E-state index contributed by atoms with van der Waals surface area (Å²) in [6, 6.07) is 6.30. The monoisotopic (exact) mass is 281 g/mol. The molecule has 0 aliphatic carbocycles. The number of nitrogens with two attached hydrogens (primary N) is 1.